The number of fused-ring (bicyclic) bond motifs is 1. The lowest BCUT2D eigenvalue weighted by molar-refractivity contribution is 0.913. The van der Waals surface area contributed by atoms with E-state index in [1.807, 2.05) is 52.9 Å². The van der Waals surface area contributed by atoms with Gasteiger partial charge in [0, 0.05) is 25.0 Å². The lowest BCUT2D eigenvalue weighted by Gasteiger charge is -1.93. The van der Waals surface area contributed by atoms with Gasteiger partial charge in [-0.1, -0.05) is 6.07 Å². The van der Waals surface area contributed by atoms with Crippen molar-refractivity contribution in [3.63, 3.8) is 0 Å². The van der Waals surface area contributed by atoms with Gasteiger partial charge in [-0.3, -0.25) is 0 Å². The van der Waals surface area contributed by atoms with E-state index in [-0.39, 0.29) is 0 Å². The molecule has 3 heterocycles. The van der Waals surface area contributed by atoms with Gasteiger partial charge in [0.2, 0.25) is 0 Å². The molecule has 0 aliphatic heterocycles. The average Bonchev–Trinajstić information content (AvgIpc) is 2.83. The zero-order valence-electron chi connectivity index (χ0n) is 8.33. The van der Waals surface area contributed by atoms with E-state index in [1.165, 1.54) is 0 Å². The first kappa shape index (κ1) is 8.23. The van der Waals surface area contributed by atoms with E-state index >= 15 is 0 Å². The van der Waals surface area contributed by atoms with E-state index in [2.05, 4.69) is 10.1 Å². The van der Waals surface area contributed by atoms with E-state index in [9.17, 15) is 0 Å². The summed E-state index contributed by atoms with van der Waals surface area (Å²) in [6, 6.07) is 6.00. The molecule has 0 aliphatic rings. The minimum Gasteiger partial charge on any atom is -0.340 e. The predicted molar refractivity (Wildman–Crippen MR) is 57.4 cm³/mol. The summed E-state index contributed by atoms with van der Waals surface area (Å²) in [5, 5.41) is 4.27. The zero-order valence-corrected chi connectivity index (χ0v) is 8.33. The van der Waals surface area contributed by atoms with Gasteiger partial charge in [0.15, 0.2) is 0 Å². The van der Waals surface area contributed by atoms with Gasteiger partial charge in [0.25, 0.3) is 0 Å². The van der Waals surface area contributed by atoms with Crippen molar-refractivity contribution in [1.29, 1.82) is 0 Å². The molecule has 3 aromatic rings. The van der Waals surface area contributed by atoms with Crippen LogP contribution in [-0.2, 0) is 7.05 Å². The molecule has 0 unspecified atom stereocenters. The van der Waals surface area contributed by atoms with E-state index in [4.69, 9.17) is 0 Å². The molecule has 0 bridgehead atoms. The molecule has 0 aliphatic carbocycles. The summed E-state index contributed by atoms with van der Waals surface area (Å²) in [5.41, 5.74) is 3.10. The van der Waals surface area contributed by atoms with Crippen LogP contribution in [0.15, 0.2) is 43.1 Å². The number of nitrogens with zero attached hydrogens (tertiary/aromatic N) is 4. The Bertz CT molecular complexity index is 606. The quantitative estimate of drug-likeness (QED) is 0.597. The summed E-state index contributed by atoms with van der Waals surface area (Å²) in [5.74, 6) is 0. The highest BCUT2D eigenvalue weighted by atomic mass is 15.2. The first-order valence-electron chi connectivity index (χ1n) is 4.75. The normalized spacial score (nSPS) is 11.0. The van der Waals surface area contributed by atoms with Gasteiger partial charge in [-0.2, -0.15) is 5.10 Å². The van der Waals surface area contributed by atoms with Crippen molar-refractivity contribution in [2.45, 2.75) is 0 Å². The summed E-state index contributed by atoms with van der Waals surface area (Å²) in [7, 11) is 1.96. The lowest BCUT2D eigenvalue weighted by atomic mass is 10.2. The van der Waals surface area contributed by atoms with Gasteiger partial charge in [0.05, 0.1) is 23.7 Å². The molecule has 0 aromatic carbocycles. The van der Waals surface area contributed by atoms with E-state index in [0.29, 0.717) is 0 Å². The number of aryl methyl sites for hydroxylation is 1. The van der Waals surface area contributed by atoms with Crippen LogP contribution in [0.5, 0.6) is 0 Å². The van der Waals surface area contributed by atoms with E-state index in [0.717, 1.165) is 16.8 Å². The van der Waals surface area contributed by atoms with Gasteiger partial charge >= 0.3 is 0 Å². The second-order valence-corrected chi connectivity index (χ2v) is 3.51. The van der Waals surface area contributed by atoms with Gasteiger partial charge in [-0.25, -0.2) is 9.50 Å². The fourth-order valence-corrected chi connectivity index (χ4v) is 1.68. The highest BCUT2D eigenvalue weighted by Crippen LogP contribution is 2.21. The molecular weight excluding hydrogens is 188 g/mol. The van der Waals surface area contributed by atoms with Crippen molar-refractivity contribution in [1.82, 2.24) is 19.2 Å². The Labute approximate surface area is 86.8 Å². The molecule has 0 fully saturated rings. The molecule has 0 N–H and O–H groups in total. The third-order valence-electron chi connectivity index (χ3n) is 2.41. The Kier molecular flexibility index (Phi) is 1.62. The fourth-order valence-electron chi connectivity index (χ4n) is 1.68. The van der Waals surface area contributed by atoms with Crippen molar-refractivity contribution >= 4 is 5.52 Å². The van der Waals surface area contributed by atoms with Crippen LogP contribution in [0.25, 0.3) is 16.8 Å². The molecule has 4 heteroatoms. The van der Waals surface area contributed by atoms with E-state index < -0.39 is 0 Å². The molecule has 0 saturated heterocycles. The Hall–Kier alpha value is -2.10. The maximum Gasteiger partial charge on any atom is 0.0951 e. The molecule has 3 aromatic heterocycles. The molecule has 0 spiro atoms. The molecule has 15 heavy (non-hydrogen) atoms. The number of hydrogen-bond acceptors (Lipinski definition) is 2. The minimum absolute atomic E-state index is 0.957. The molecule has 0 radical (unpaired) electrons. The van der Waals surface area contributed by atoms with Crippen LogP contribution in [0.2, 0.25) is 0 Å². The molecule has 74 valence electrons. The third kappa shape index (κ3) is 1.22. The Morgan fingerprint density at radius 3 is 3.00 bits per heavy atom. The summed E-state index contributed by atoms with van der Waals surface area (Å²) in [6.45, 7) is 0. The smallest absolute Gasteiger partial charge is 0.0951 e. The molecule has 3 rings (SSSR count). The first-order valence-corrected chi connectivity index (χ1v) is 4.75. The number of aromatic nitrogens is 4. The predicted octanol–water partition coefficient (Wildman–Crippen LogP) is 1.73. The Morgan fingerprint density at radius 2 is 2.20 bits per heavy atom. The van der Waals surface area contributed by atoms with Gasteiger partial charge in [0.1, 0.15) is 0 Å². The number of imidazole rings is 1. The van der Waals surface area contributed by atoms with Crippen LogP contribution < -0.4 is 0 Å². The number of hydrogen-bond donors (Lipinski definition) is 0. The fraction of sp³-hybridized carbons (Fsp3) is 0.0909. The van der Waals surface area contributed by atoms with Crippen molar-refractivity contribution in [3.8, 4) is 11.3 Å². The highest BCUT2D eigenvalue weighted by Gasteiger charge is 2.07. The van der Waals surface area contributed by atoms with Crippen LogP contribution in [0.1, 0.15) is 0 Å². The van der Waals surface area contributed by atoms with Gasteiger partial charge in [-0.15, -0.1) is 0 Å². The third-order valence-corrected chi connectivity index (χ3v) is 2.41. The summed E-state index contributed by atoms with van der Waals surface area (Å²) in [6.07, 6.45) is 7.56. The molecule has 4 nitrogen and oxygen atoms in total. The monoisotopic (exact) mass is 198 g/mol. The maximum absolute atomic E-state index is 4.32. The van der Waals surface area contributed by atoms with Crippen LogP contribution in [0, 0.1) is 0 Å². The van der Waals surface area contributed by atoms with Crippen LogP contribution in [0.3, 0.4) is 0 Å². The molecular formula is C11H10N4. The van der Waals surface area contributed by atoms with Crippen LogP contribution in [0.4, 0.5) is 0 Å². The lowest BCUT2D eigenvalue weighted by Crippen LogP contribution is -1.83. The SMILES string of the molecule is Cn1cnc(-c2cnn3ccccc23)c1. The largest absolute Gasteiger partial charge is 0.340 e. The van der Waals surface area contributed by atoms with Crippen molar-refractivity contribution in [2.75, 3.05) is 0 Å². The first-order chi connectivity index (χ1) is 7.34. The Morgan fingerprint density at radius 1 is 1.27 bits per heavy atom. The number of rotatable bonds is 1. The topological polar surface area (TPSA) is 35.1 Å². The van der Waals surface area contributed by atoms with Gasteiger partial charge < -0.3 is 4.57 Å². The van der Waals surface area contributed by atoms with Gasteiger partial charge in [-0.05, 0) is 12.1 Å². The number of pyridine rings is 1. The summed E-state index contributed by atoms with van der Waals surface area (Å²) < 4.78 is 3.78. The van der Waals surface area contributed by atoms with Crippen molar-refractivity contribution in [2.24, 2.45) is 7.05 Å². The second kappa shape index (κ2) is 2.95. The average molecular weight is 198 g/mol. The molecule has 0 saturated carbocycles. The Balaban J connectivity index is 2.27. The van der Waals surface area contributed by atoms with Crippen LogP contribution in [-0.4, -0.2) is 19.2 Å². The minimum atomic E-state index is 0.957. The van der Waals surface area contributed by atoms with E-state index in [1.54, 1.807) is 6.33 Å². The standard InChI is InChI=1S/C11H10N4/c1-14-7-10(12-8-14)9-6-13-15-5-3-2-4-11(9)15/h2-8H,1H3. The van der Waals surface area contributed by atoms with Crippen molar-refractivity contribution in [3.05, 3.63) is 43.1 Å². The summed E-state index contributed by atoms with van der Waals surface area (Å²) in [4.78, 5) is 4.32. The maximum atomic E-state index is 4.32. The zero-order chi connectivity index (χ0) is 10.3. The molecule has 0 amide bonds. The highest BCUT2D eigenvalue weighted by molar-refractivity contribution is 5.77. The molecule has 0 atom stereocenters. The van der Waals surface area contributed by atoms with Crippen molar-refractivity contribution < 1.29 is 0 Å². The summed E-state index contributed by atoms with van der Waals surface area (Å²) >= 11 is 0. The van der Waals surface area contributed by atoms with Crippen LogP contribution >= 0.6 is 0 Å². The second-order valence-electron chi connectivity index (χ2n) is 3.51.